The summed E-state index contributed by atoms with van der Waals surface area (Å²) in [4.78, 5) is 0. The van der Waals surface area contributed by atoms with Crippen molar-refractivity contribution in [3.05, 3.63) is 28.1 Å². The summed E-state index contributed by atoms with van der Waals surface area (Å²) in [6.45, 7) is 3.93. The van der Waals surface area contributed by atoms with Crippen molar-refractivity contribution < 1.29 is 4.42 Å². The molecule has 0 spiro atoms. The number of hydrogen-bond acceptors (Lipinski definition) is 2. The molecule has 0 saturated carbocycles. The summed E-state index contributed by atoms with van der Waals surface area (Å²) in [5, 5.41) is 4.37. The van der Waals surface area contributed by atoms with Crippen molar-refractivity contribution in [2.24, 2.45) is 7.05 Å². The van der Waals surface area contributed by atoms with Crippen molar-refractivity contribution >= 4 is 15.9 Å². The topological polar surface area (TPSA) is 31.0 Å². The van der Waals surface area contributed by atoms with Crippen LogP contribution in [0, 0.1) is 13.8 Å². The lowest BCUT2D eigenvalue weighted by Gasteiger charge is -1.90. The number of rotatable bonds is 1. The second-order valence-corrected chi connectivity index (χ2v) is 4.07. The fourth-order valence-corrected chi connectivity index (χ4v) is 1.83. The standard InChI is InChI=1S/C10H11BrN2O/c1-6-4-5-8(14-6)10-9(11)7(2)13(3)12-10/h4-5H,1-3H3. The molecule has 3 nitrogen and oxygen atoms in total. The number of furan rings is 1. The van der Waals surface area contributed by atoms with Crippen LogP contribution >= 0.6 is 15.9 Å². The summed E-state index contributed by atoms with van der Waals surface area (Å²) >= 11 is 3.50. The minimum atomic E-state index is 0.804. The zero-order chi connectivity index (χ0) is 10.3. The molecule has 2 aromatic heterocycles. The summed E-state index contributed by atoms with van der Waals surface area (Å²) in [5.41, 5.74) is 1.95. The van der Waals surface area contributed by atoms with Gasteiger partial charge < -0.3 is 4.42 Å². The quantitative estimate of drug-likeness (QED) is 0.784. The largest absolute Gasteiger partial charge is 0.460 e. The molecule has 2 aromatic rings. The van der Waals surface area contributed by atoms with Gasteiger partial charge in [-0.25, -0.2) is 0 Å². The van der Waals surface area contributed by atoms with E-state index >= 15 is 0 Å². The fourth-order valence-electron chi connectivity index (χ4n) is 1.30. The molecule has 0 atom stereocenters. The van der Waals surface area contributed by atoms with Gasteiger partial charge in [-0.2, -0.15) is 5.10 Å². The SMILES string of the molecule is Cc1ccc(-c2nn(C)c(C)c2Br)o1. The van der Waals surface area contributed by atoms with Gasteiger partial charge in [-0.15, -0.1) is 0 Å². The lowest BCUT2D eigenvalue weighted by atomic mass is 10.3. The van der Waals surface area contributed by atoms with Crippen LogP contribution in [0.1, 0.15) is 11.5 Å². The first kappa shape index (κ1) is 9.52. The minimum Gasteiger partial charge on any atom is -0.460 e. The Morgan fingerprint density at radius 2 is 2.07 bits per heavy atom. The van der Waals surface area contributed by atoms with Crippen LogP contribution in [0.4, 0.5) is 0 Å². The highest BCUT2D eigenvalue weighted by atomic mass is 79.9. The van der Waals surface area contributed by atoms with E-state index in [4.69, 9.17) is 4.42 Å². The predicted octanol–water partition coefficient (Wildman–Crippen LogP) is 3.06. The molecule has 0 unspecified atom stereocenters. The average molecular weight is 255 g/mol. The third kappa shape index (κ3) is 1.39. The summed E-state index contributed by atoms with van der Waals surface area (Å²) in [6, 6.07) is 3.87. The van der Waals surface area contributed by atoms with Gasteiger partial charge in [0.1, 0.15) is 11.5 Å². The van der Waals surface area contributed by atoms with Gasteiger partial charge >= 0.3 is 0 Å². The first-order valence-corrected chi connectivity index (χ1v) is 5.15. The molecule has 14 heavy (non-hydrogen) atoms. The Hall–Kier alpha value is -1.03. The molecule has 0 aliphatic rings. The van der Waals surface area contributed by atoms with Gasteiger partial charge in [0.05, 0.1) is 4.47 Å². The number of aromatic nitrogens is 2. The summed E-state index contributed by atoms with van der Waals surface area (Å²) in [5.74, 6) is 1.70. The monoisotopic (exact) mass is 254 g/mol. The smallest absolute Gasteiger partial charge is 0.155 e. The van der Waals surface area contributed by atoms with Crippen LogP contribution in [0.2, 0.25) is 0 Å². The van der Waals surface area contributed by atoms with Crippen molar-refractivity contribution in [1.29, 1.82) is 0 Å². The normalized spacial score (nSPS) is 10.9. The van der Waals surface area contributed by atoms with E-state index in [1.807, 2.05) is 37.7 Å². The van der Waals surface area contributed by atoms with E-state index < -0.39 is 0 Å². The Balaban J connectivity index is 2.57. The van der Waals surface area contributed by atoms with Crippen molar-refractivity contribution in [3.8, 4) is 11.5 Å². The van der Waals surface area contributed by atoms with Gasteiger partial charge in [-0.3, -0.25) is 4.68 Å². The molecule has 0 aromatic carbocycles. The van der Waals surface area contributed by atoms with Gasteiger partial charge in [0.15, 0.2) is 5.76 Å². The lowest BCUT2D eigenvalue weighted by Crippen LogP contribution is -1.92. The maximum Gasteiger partial charge on any atom is 0.155 e. The van der Waals surface area contributed by atoms with Crippen molar-refractivity contribution in [1.82, 2.24) is 9.78 Å². The Morgan fingerprint density at radius 1 is 1.36 bits per heavy atom. The molecule has 0 fully saturated rings. The van der Waals surface area contributed by atoms with Crippen LogP contribution in [-0.2, 0) is 7.05 Å². The third-order valence-corrected chi connectivity index (χ3v) is 3.18. The van der Waals surface area contributed by atoms with Crippen molar-refractivity contribution in [2.75, 3.05) is 0 Å². The van der Waals surface area contributed by atoms with E-state index in [1.54, 1.807) is 0 Å². The molecule has 0 amide bonds. The number of halogens is 1. The van der Waals surface area contributed by atoms with E-state index in [-0.39, 0.29) is 0 Å². The van der Waals surface area contributed by atoms with E-state index in [9.17, 15) is 0 Å². The van der Waals surface area contributed by atoms with Gasteiger partial charge in [-0.1, -0.05) is 0 Å². The Kier molecular flexibility index (Phi) is 2.23. The predicted molar refractivity (Wildman–Crippen MR) is 58.1 cm³/mol. The molecule has 0 aliphatic heterocycles. The van der Waals surface area contributed by atoms with E-state index in [0.717, 1.165) is 27.4 Å². The molecule has 2 rings (SSSR count). The molecule has 0 radical (unpaired) electrons. The minimum absolute atomic E-state index is 0.804. The molecule has 2 heterocycles. The number of aryl methyl sites for hydroxylation is 2. The molecule has 74 valence electrons. The number of nitrogens with zero attached hydrogens (tertiary/aromatic N) is 2. The van der Waals surface area contributed by atoms with Crippen LogP contribution in [0.3, 0.4) is 0 Å². The van der Waals surface area contributed by atoms with Crippen LogP contribution in [-0.4, -0.2) is 9.78 Å². The summed E-state index contributed by atoms with van der Waals surface area (Å²) in [7, 11) is 1.92. The Labute approximate surface area is 90.9 Å². The van der Waals surface area contributed by atoms with Crippen molar-refractivity contribution in [2.45, 2.75) is 13.8 Å². The highest BCUT2D eigenvalue weighted by molar-refractivity contribution is 9.10. The Bertz CT molecular complexity index is 470. The molecule has 0 bridgehead atoms. The highest BCUT2D eigenvalue weighted by Crippen LogP contribution is 2.30. The number of hydrogen-bond donors (Lipinski definition) is 0. The van der Waals surface area contributed by atoms with Crippen LogP contribution in [0.15, 0.2) is 21.0 Å². The van der Waals surface area contributed by atoms with E-state index in [2.05, 4.69) is 21.0 Å². The van der Waals surface area contributed by atoms with Gasteiger partial charge in [-0.05, 0) is 41.9 Å². The van der Waals surface area contributed by atoms with Crippen LogP contribution < -0.4 is 0 Å². The third-order valence-electron chi connectivity index (χ3n) is 2.23. The second kappa shape index (κ2) is 3.28. The van der Waals surface area contributed by atoms with Crippen LogP contribution in [0.5, 0.6) is 0 Å². The zero-order valence-corrected chi connectivity index (χ0v) is 9.92. The first-order chi connectivity index (χ1) is 6.59. The van der Waals surface area contributed by atoms with Crippen LogP contribution in [0.25, 0.3) is 11.5 Å². The molecule has 0 saturated heterocycles. The molecular formula is C10H11BrN2O. The van der Waals surface area contributed by atoms with E-state index in [1.165, 1.54) is 0 Å². The average Bonchev–Trinajstić information content (AvgIpc) is 2.66. The maximum absolute atomic E-state index is 5.51. The first-order valence-electron chi connectivity index (χ1n) is 4.35. The van der Waals surface area contributed by atoms with E-state index in [0.29, 0.717) is 0 Å². The molecule has 0 aliphatic carbocycles. The van der Waals surface area contributed by atoms with Gasteiger partial charge in [0, 0.05) is 12.7 Å². The van der Waals surface area contributed by atoms with Gasteiger partial charge in [0.2, 0.25) is 0 Å². The highest BCUT2D eigenvalue weighted by Gasteiger charge is 2.14. The summed E-state index contributed by atoms with van der Waals surface area (Å²) in [6.07, 6.45) is 0. The molecule has 4 heteroatoms. The maximum atomic E-state index is 5.51. The van der Waals surface area contributed by atoms with Crippen molar-refractivity contribution in [3.63, 3.8) is 0 Å². The molecule has 0 N–H and O–H groups in total. The Morgan fingerprint density at radius 3 is 2.50 bits per heavy atom. The lowest BCUT2D eigenvalue weighted by molar-refractivity contribution is 0.544. The second-order valence-electron chi connectivity index (χ2n) is 3.28. The zero-order valence-electron chi connectivity index (χ0n) is 8.34. The summed E-state index contributed by atoms with van der Waals surface area (Å²) < 4.78 is 8.34. The fraction of sp³-hybridized carbons (Fsp3) is 0.300. The molecular weight excluding hydrogens is 244 g/mol. The van der Waals surface area contributed by atoms with Gasteiger partial charge in [0.25, 0.3) is 0 Å².